The number of rotatable bonds is 3. The van der Waals surface area contributed by atoms with Crippen LogP contribution >= 0.6 is 0 Å². The van der Waals surface area contributed by atoms with E-state index in [4.69, 9.17) is 5.11 Å². The summed E-state index contributed by atoms with van der Waals surface area (Å²) < 4.78 is 0. The second kappa shape index (κ2) is 5.73. The van der Waals surface area contributed by atoms with Crippen molar-refractivity contribution in [3.8, 4) is 5.75 Å². The number of aromatic carboxylic acids is 1. The first-order valence-electron chi connectivity index (χ1n) is 6.43. The zero-order chi connectivity index (χ0) is 13.8. The van der Waals surface area contributed by atoms with E-state index in [1.54, 1.807) is 0 Å². The number of amides is 1. The van der Waals surface area contributed by atoms with Crippen LogP contribution in [-0.4, -0.2) is 17.0 Å². The number of hydrogen-bond donors (Lipinski definition) is 2. The Morgan fingerprint density at radius 2 is 1.89 bits per heavy atom. The summed E-state index contributed by atoms with van der Waals surface area (Å²) in [5.41, 5.74) is 0.0410. The summed E-state index contributed by atoms with van der Waals surface area (Å²) in [6, 6.07) is 3.63. The first-order chi connectivity index (χ1) is 9.08. The van der Waals surface area contributed by atoms with Gasteiger partial charge >= 0.3 is 5.97 Å². The first kappa shape index (κ1) is 13.4. The molecule has 5 heteroatoms. The SMILES string of the molecule is O=C(O)c1cc([O-])ccc1NC(=O)C1CCCCC1. The van der Waals surface area contributed by atoms with Crippen molar-refractivity contribution in [2.45, 2.75) is 32.1 Å². The van der Waals surface area contributed by atoms with Crippen LogP contribution in [0.25, 0.3) is 0 Å². The normalized spacial score (nSPS) is 16.0. The fourth-order valence-corrected chi connectivity index (χ4v) is 2.41. The quantitative estimate of drug-likeness (QED) is 0.871. The van der Waals surface area contributed by atoms with Gasteiger partial charge in [-0.1, -0.05) is 31.4 Å². The van der Waals surface area contributed by atoms with E-state index in [2.05, 4.69) is 5.32 Å². The Kier molecular flexibility index (Phi) is 4.04. The summed E-state index contributed by atoms with van der Waals surface area (Å²) in [7, 11) is 0. The van der Waals surface area contributed by atoms with Gasteiger partial charge in [-0.2, -0.15) is 0 Å². The molecule has 2 rings (SSSR count). The molecule has 0 radical (unpaired) electrons. The van der Waals surface area contributed by atoms with E-state index in [-0.39, 0.29) is 28.8 Å². The van der Waals surface area contributed by atoms with E-state index >= 15 is 0 Å². The van der Waals surface area contributed by atoms with Crippen molar-refractivity contribution in [2.24, 2.45) is 5.92 Å². The predicted molar refractivity (Wildman–Crippen MR) is 68.1 cm³/mol. The van der Waals surface area contributed by atoms with Crippen molar-refractivity contribution >= 4 is 17.6 Å². The topological polar surface area (TPSA) is 89.5 Å². The lowest BCUT2D eigenvalue weighted by atomic mass is 9.88. The molecule has 1 aromatic carbocycles. The minimum absolute atomic E-state index is 0.0534. The number of carbonyl (C=O) groups excluding carboxylic acids is 1. The maximum Gasteiger partial charge on any atom is 0.337 e. The number of carboxylic acid groups (broad SMARTS) is 1. The lowest BCUT2D eigenvalue weighted by Gasteiger charge is -2.21. The monoisotopic (exact) mass is 262 g/mol. The lowest BCUT2D eigenvalue weighted by molar-refractivity contribution is -0.268. The van der Waals surface area contributed by atoms with Gasteiger partial charge in [0.05, 0.1) is 11.3 Å². The minimum Gasteiger partial charge on any atom is -0.872 e. The Morgan fingerprint density at radius 3 is 2.53 bits per heavy atom. The van der Waals surface area contributed by atoms with E-state index in [1.165, 1.54) is 12.1 Å². The molecule has 19 heavy (non-hydrogen) atoms. The van der Waals surface area contributed by atoms with Crippen molar-refractivity contribution < 1.29 is 19.8 Å². The predicted octanol–water partition coefficient (Wildman–Crippen LogP) is 1.98. The maximum absolute atomic E-state index is 12.0. The van der Waals surface area contributed by atoms with E-state index in [0.717, 1.165) is 38.2 Å². The van der Waals surface area contributed by atoms with Crippen LogP contribution in [0.4, 0.5) is 5.69 Å². The number of carboxylic acids is 1. The highest BCUT2D eigenvalue weighted by Crippen LogP contribution is 2.26. The van der Waals surface area contributed by atoms with E-state index in [1.807, 2.05) is 0 Å². The van der Waals surface area contributed by atoms with E-state index < -0.39 is 5.97 Å². The Balaban J connectivity index is 2.13. The molecule has 0 heterocycles. The molecule has 1 saturated carbocycles. The lowest BCUT2D eigenvalue weighted by Crippen LogP contribution is -2.25. The fraction of sp³-hybridized carbons (Fsp3) is 0.429. The summed E-state index contributed by atoms with van der Waals surface area (Å²) in [5.74, 6) is -1.80. The molecule has 1 aliphatic carbocycles. The first-order valence-corrected chi connectivity index (χ1v) is 6.43. The number of nitrogens with one attached hydrogen (secondary N) is 1. The zero-order valence-electron chi connectivity index (χ0n) is 10.5. The molecule has 0 aliphatic heterocycles. The molecule has 0 atom stereocenters. The molecular weight excluding hydrogens is 246 g/mol. The number of benzene rings is 1. The molecule has 102 valence electrons. The fourth-order valence-electron chi connectivity index (χ4n) is 2.41. The Morgan fingerprint density at radius 1 is 1.21 bits per heavy atom. The van der Waals surface area contributed by atoms with Crippen LogP contribution in [0.1, 0.15) is 42.5 Å². The molecule has 2 N–H and O–H groups in total. The van der Waals surface area contributed by atoms with E-state index in [9.17, 15) is 14.7 Å². The third kappa shape index (κ3) is 3.24. The van der Waals surface area contributed by atoms with Gasteiger partial charge in [0.15, 0.2) is 0 Å². The average molecular weight is 262 g/mol. The molecule has 0 saturated heterocycles. The van der Waals surface area contributed by atoms with Gasteiger partial charge in [-0.15, -0.1) is 5.75 Å². The molecule has 1 aliphatic rings. The van der Waals surface area contributed by atoms with Crippen LogP contribution < -0.4 is 10.4 Å². The van der Waals surface area contributed by atoms with Gasteiger partial charge < -0.3 is 15.5 Å². The van der Waals surface area contributed by atoms with Gasteiger partial charge in [0.1, 0.15) is 0 Å². The van der Waals surface area contributed by atoms with Crippen LogP contribution in [-0.2, 0) is 4.79 Å². The van der Waals surface area contributed by atoms with Crippen LogP contribution in [0.15, 0.2) is 18.2 Å². The minimum atomic E-state index is -1.21. The standard InChI is InChI=1S/C14H17NO4/c16-10-6-7-12(11(8-10)14(18)19)15-13(17)9-4-2-1-3-5-9/h6-9,16H,1-5H2,(H,15,17)(H,18,19)/p-1. The highest BCUT2D eigenvalue weighted by Gasteiger charge is 2.22. The Labute approximate surface area is 111 Å². The van der Waals surface area contributed by atoms with Crippen molar-refractivity contribution in [2.75, 3.05) is 5.32 Å². The van der Waals surface area contributed by atoms with Crippen molar-refractivity contribution in [1.29, 1.82) is 0 Å². The second-order valence-electron chi connectivity index (χ2n) is 4.84. The maximum atomic E-state index is 12.0. The highest BCUT2D eigenvalue weighted by molar-refractivity contribution is 6.01. The van der Waals surface area contributed by atoms with Gasteiger partial charge in [-0.05, 0) is 18.9 Å². The number of carbonyl (C=O) groups is 2. The summed E-state index contributed by atoms with van der Waals surface area (Å²) >= 11 is 0. The molecular formula is C14H16NO4-. The average Bonchev–Trinajstić information content (AvgIpc) is 2.41. The molecule has 1 fully saturated rings. The second-order valence-corrected chi connectivity index (χ2v) is 4.84. The van der Waals surface area contributed by atoms with Gasteiger partial charge in [-0.25, -0.2) is 4.79 Å². The van der Waals surface area contributed by atoms with Crippen molar-refractivity contribution in [1.82, 2.24) is 0 Å². The largest absolute Gasteiger partial charge is 0.872 e. The van der Waals surface area contributed by atoms with Crippen molar-refractivity contribution in [3.63, 3.8) is 0 Å². The molecule has 5 nitrogen and oxygen atoms in total. The summed E-state index contributed by atoms with van der Waals surface area (Å²) in [5, 5.41) is 22.8. The molecule has 0 bridgehead atoms. The molecule has 0 unspecified atom stereocenters. The number of anilines is 1. The number of hydrogen-bond acceptors (Lipinski definition) is 3. The smallest absolute Gasteiger partial charge is 0.337 e. The summed E-state index contributed by atoms with van der Waals surface area (Å²) in [6.45, 7) is 0. The van der Waals surface area contributed by atoms with Gasteiger partial charge in [-0.3, -0.25) is 4.79 Å². The van der Waals surface area contributed by atoms with Crippen LogP contribution in [0.3, 0.4) is 0 Å². The van der Waals surface area contributed by atoms with Crippen LogP contribution in [0, 0.1) is 5.92 Å². The van der Waals surface area contributed by atoms with Crippen molar-refractivity contribution in [3.05, 3.63) is 23.8 Å². The summed E-state index contributed by atoms with van der Waals surface area (Å²) in [4.78, 5) is 23.1. The van der Waals surface area contributed by atoms with Gasteiger partial charge in [0.25, 0.3) is 0 Å². The highest BCUT2D eigenvalue weighted by atomic mass is 16.4. The Bertz CT molecular complexity index is 492. The molecule has 1 amide bonds. The van der Waals surface area contributed by atoms with Gasteiger partial charge in [0, 0.05) is 5.92 Å². The summed E-state index contributed by atoms with van der Waals surface area (Å²) in [6.07, 6.45) is 4.89. The van der Waals surface area contributed by atoms with Crippen LogP contribution in [0.2, 0.25) is 0 Å². The Hall–Kier alpha value is -2.04. The zero-order valence-corrected chi connectivity index (χ0v) is 10.5. The van der Waals surface area contributed by atoms with E-state index in [0.29, 0.717) is 0 Å². The van der Waals surface area contributed by atoms with Gasteiger partial charge in [0.2, 0.25) is 5.91 Å². The molecule has 0 spiro atoms. The third-order valence-corrected chi connectivity index (χ3v) is 3.46. The molecule has 1 aromatic rings. The molecule has 0 aromatic heterocycles. The van der Waals surface area contributed by atoms with Crippen LogP contribution in [0.5, 0.6) is 5.75 Å². The third-order valence-electron chi connectivity index (χ3n) is 3.46.